The molecule has 0 saturated carbocycles. The summed E-state index contributed by atoms with van der Waals surface area (Å²) in [4.78, 5) is 0. The molecular weight excluding hydrogens is 893 g/mol. The fourth-order valence-corrected chi connectivity index (χ4v) is 6.79. The van der Waals surface area contributed by atoms with Crippen molar-refractivity contribution in [3.05, 3.63) is 145 Å². The smallest absolute Gasteiger partial charge is 0.0628 e. The number of hydrogen-bond donors (Lipinski definition) is 20. The van der Waals surface area contributed by atoms with Gasteiger partial charge in [-0.3, -0.25) is 0 Å². The monoisotopic (exact) mass is 957 g/mol. The maximum atomic E-state index is 5.82. The van der Waals surface area contributed by atoms with Crippen molar-refractivity contribution >= 4 is 135 Å². The fourth-order valence-electron chi connectivity index (χ4n) is 6.79. The third-order valence-corrected chi connectivity index (χ3v) is 11.1. The first kappa shape index (κ1) is 51.5. The first-order chi connectivity index (χ1) is 33.4. The summed E-state index contributed by atoms with van der Waals surface area (Å²) >= 11 is 0. The van der Waals surface area contributed by atoms with Crippen LogP contribution in [0.1, 0.15) is 11.1 Å². The van der Waals surface area contributed by atoms with E-state index in [0.717, 1.165) is 50.2 Å². The van der Waals surface area contributed by atoms with Gasteiger partial charge in [-0.1, -0.05) is 36.4 Å². The maximum Gasteiger partial charge on any atom is 0.0628 e. The highest BCUT2D eigenvalue weighted by atomic mass is 14.7. The Morgan fingerprint density at radius 1 is 0.197 bits per heavy atom. The lowest BCUT2D eigenvalue weighted by Gasteiger charge is -2.09. The van der Waals surface area contributed by atoms with E-state index in [2.05, 4.69) is 0 Å². The highest BCUT2D eigenvalue weighted by Crippen LogP contribution is 2.34. The molecule has 0 aliphatic heterocycles. The molecule has 0 aliphatic carbocycles. The first-order valence-corrected chi connectivity index (χ1v) is 21.5. The van der Waals surface area contributed by atoms with Gasteiger partial charge in [-0.15, -0.1) is 0 Å². The molecule has 0 unspecified atom stereocenters. The van der Waals surface area contributed by atoms with E-state index in [0.29, 0.717) is 114 Å². The average molecular weight is 957 g/mol. The van der Waals surface area contributed by atoms with Gasteiger partial charge >= 0.3 is 0 Å². The second kappa shape index (κ2) is 21.9. The molecule has 368 valence electrons. The van der Waals surface area contributed by atoms with Crippen molar-refractivity contribution in [2.75, 3.05) is 115 Å². The minimum Gasteiger partial charge on any atom is -0.397 e. The molecule has 71 heavy (non-hydrogen) atoms. The lowest BCUT2D eigenvalue weighted by atomic mass is 10.0. The number of anilines is 20. The van der Waals surface area contributed by atoms with Crippen LogP contribution in [0.4, 0.5) is 114 Å². The van der Waals surface area contributed by atoms with Gasteiger partial charge in [0.25, 0.3) is 0 Å². The summed E-state index contributed by atoms with van der Waals surface area (Å²) in [5.41, 5.74) is 128. The SMILES string of the molecule is Nc1cc(N)c(N)cc1N.Nc1cc2cc(N)c(N)cc2cc1N.Nc1ccc(-c2ccc(N)c(N)c2)cc1N.Nc1ccc(Cc2ccc(N)c(N)c2)cc1N.Nc1ccc2c(N)c(N)ccc2c1N. The number of hydrogen-bond acceptors (Lipinski definition) is 20. The van der Waals surface area contributed by atoms with Crippen LogP contribution in [-0.4, -0.2) is 0 Å². The van der Waals surface area contributed by atoms with Gasteiger partial charge in [0.1, 0.15) is 0 Å². The molecule has 20 nitrogen and oxygen atoms in total. The summed E-state index contributed by atoms with van der Waals surface area (Å²) in [6.45, 7) is 0. The molecule has 0 aliphatic rings. The van der Waals surface area contributed by atoms with E-state index in [4.69, 9.17) is 115 Å². The molecular formula is C51H64N20. The third-order valence-electron chi connectivity index (χ3n) is 11.1. The van der Waals surface area contributed by atoms with Crippen molar-refractivity contribution in [2.24, 2.45) is 0 Å². The molecule has 20 heteroatoms. The van der Waals surface area contributed by atoms with Gasteiger partial charge < -0.3 is 115 Å². The van der Waals surface area contributed by atoms with Crippen LogP contribution >= 0.6 is 0 Å². The van der Waals surface area contributed by atoms with Crippen LogP contribution in [0.15, 0.2) is 133 Å². The largest absolute Gasteiger partial charge is 0.397 e. The lowest BCUT2D eigenvalue weighted by molar-refractivity contribution is 1.20. The summed E-state index contributed by atoms with van der Waals surface area (Å²) in [5.74, 6) is 0. The maximum absolute atomic E-state index is 5.82. The summed E-state index contributed by atoms with van der Waals surface area (Å²) < 4.78 is 0. The second-order valence-electron chi connectivity index (χ2n) is 16.4. The molecule has 0 saturated heterocycles. The van der Waals surface area contributed by atoms with Crippen LogP contribution in [0.25, 0.3) is 32.7 Å². The first-order valence-electron chi connectivity index (χ1n) is 21.5. The van der Waals surface area contributed by atoms with Gasteiger partial charge in [-0.25, -0.2) is 0 Å². The summed E-state index contributed by atoms with van der Waals surface area (Å²) in [5, 5.41) is 3.58. The van der Waals surface area contributed by atoms with E-state index >= 15 is 0 Å². The molecule has 0 aromatic heterocycles. The van der Waals surface area contributed by atoms with Crippen LogP contribution in [-0.2, 0) is 6.42 Å². The van der Waals surface area contributed by atoms with Gasteiger partial charge in [0.05, 0.1) is 114 Å². The van der Waals surface area contributed by atoms with E-state index < -0.39 is 0 Å². The fraction of sp³-hybridized carbons (Fsp3) is 0.0196. The topological polar surface area (TPSA) is 520 Å². The van der Waals surface area contributed by atoms with Crippen LogP contribution in [0.5, 0.6) is 0 Å². The van der Waals surface area contributed by atoms with E-state index in [-0.39, 0.29) is 0 Å². The van der Waals surface area contributed by atoms with E-state index in [9.17, 15) is 0 Å². The third kappa shape index (κ3) is 12.9. The Labute approximate surface area is 410 Å². The summed E-state index contributed by atoms with van der Waals surface area (Å²) in [6, 6.07) is 39.6. The molecule has 0 heterocycles. The molecule has 0 atom stereocenters. The number of nitrogens with two attached hydrogens (primary N) is 20. The van der Waals surface area contributed by atoms with Crippen LogP contribution < -0.4 is 115 Å². The number of fused-ring (bicyclic) bond motifs is 2. The van der Waals surface area contributed by atoms with Crippen LogP contribution in [0, 0.1) is 0 Å². The highest BCUT2D eigenvalue weighted by Gasteiger charge is 2.08. The molecule has 0 radical (unpaired) electrons. The molecule has 9 aromatic carbocycles. The number of rotatable bonds is 3. The summed E-state index contributed by atoms with van der Waals surface area (Å²) in [7, 11) is 0. The Morgan fingerprint density at radius 3 is 0.718 bits per heavy atom. The summed E-state index contributed by atoms with van der Waals surface area (Å²) in [6.07, 6.45) is 0.759. The van der Waals surface area contributed by atoms with Gasteiger partial charge in [-0.2, -0.15) is 0 Å². The Morgan fingerprint density at radius 2 is 0.437 bits per heavy atom. The van der Waals surface area contributed by atoms with E-state index in [1.807, 2.05) is 72.8 Å². The molecule has 0 fully saturated rings. The lowest BCUT2D eigenvalue weighted by Crippen LogP contribution is -2.00. The van der Waals surface area contributed by atoms with Gasteiger partial charge in [0.15, 0.2) is 0 Å². The quantitative estimate of drug-likeness (QED) is 0.0952. The normalized spacial score (nSPS) is 10.3. The zero-order valence-electron chi connectivity index (χ0n) is 39.0. The number of nitrogen functional groups attached to an aromatic ring is 20. The van der Waals surface area contributed by atoms with Crippen molar-refractivity contribution in [1.82, 2.24) is 0 Å². The van der Waals surface area contributed by atoms with Crippen molar-refractivity contribution in [1.29, 1.82) is 0 Å². The predicted octanol–water partition coefficient (Wildman–Crippen LogP) is 5.64. The van der Waals surface area contributed by atoms with Crippen molar-refractivity contribution in [3.63, 3.8) is 0 Å². The average Bonchev–Trinajstić information content (AvgIpc) is 3.32. The Bertz CT molecular complexity index is 3090. The Hall–Kier alpha value is -10.5. The van der Waals surface area contributed by atoms with Crippen molar-refractivity contribution in [2.45, 2.75) is 6.42 Å². The molecule has 40 N–H and O–H groups in total. The zero-order valence-corrected chi connectivity index (χ0v) is 39.0. The van der Waals surface area contributed by atoms with Crippen molar-refractivity contribution in [3.8, 4) is 11.1 Å². The minimum absolute atomic E-state index is 0.465. The zero-order chi connectivity index (χ0) is 52.4. The number of benzene rings is 9. The minimum atomic E-state index is 0.465. The standard InChI is InChI=1S/C13H16N4.C12H14N4.2C10H12N4.C6H10N4/c14-10-3-1-8(6-12(10)16)5-9-2-4-11(15)13(17)7-9;13-9-3-1-7(5-11(9)15)8-2-4-10(14)12(16)6-8;11-7-1-5-2-9(13)10(14)4-6(5)3-8(7)12;11-7-3-1-5-6(10(7)14)2-4-8(12)9(5)13;7-3-1-4(8)6(10)2-5(3)9/h1-4,6-7H,5,14-17H2;1-6H,13-16H2;2*1-4H,11-14H2;1-2H,7-10H2. The van der Waals surface area contributed by atoms with Gasteiger partial charge in [0.2, 0.25) is 0 Å². The Balaban J connectivity index is 0.000000167. The second-order valence-corrected chi connectivity index (χ2v) is 16.4. The molecule has 9 rings (SSSR count). The van der Waals surface area contributed by atoms with E-state index in [1.54, 1.807) is 60.7 Å². The highest BCUT2D eigenvalue weighted by molar-refractivity contribution is 6.07. The molecule has 0 spiro atoms. The van der Waals surface area contributed by atoms with Crippen LogP contribution in [0.2, 0.25) is 0 Å². The molecule has 9 aromatic rings. The van der Waals surface area contributed by atoms with Crippen molar-refractivity contribution < 1.29 is 0 Å². The van der Waals surface area contributed by atoms with E-state index in [1.165, 1.54) is 0 Å². The molecule has 0 amide bonds. The van der Waals surface area contributed by atoms with Gasteiger partial charge in [-0.05, 0) is 137 Å². The predicted molar refractivity (Wildman–Crippen MR) is 310 cm³/mol. The van der Waals surface area contributed by atoms with Gasteiger partial charge in [0, 0.05) is 10.8 Å². The molecule has 0 bridgehead atoms. The Kier molecular flexibility index (Phi) is 15.9. The van der Waals surface area contributed by atoms with Crippen LogP contribution in [0.3, 0.4) is 0 Å².